The zero-order valence-electron chi connectivity index (χ0n) is 11.9. The molecule has 1 saturated heterocycles. The molecule has 1 unspecified atom stereocenters. The molecule has 106 valence electrons. The number of rotatable bonds is 2. The SMILES string of the molecule is C=CC[C@]12CC1N(C(=O)OC(C)(C)C)CCNC2=O. The van der Waals surface area contributed by atoms with E-state index in [1.807, 2.05) is 20.8 Å². The van der Waals surface area contributed by atoms with Crippen molar-refractivity contribution in [2.24, 2.45) is 5.41 Å². The lowest BCUT2D eigenvalue weighted by molar-refractivity contribution is -0.126. The molecule has 0 bridgehead atoms. The van der Waals surface area contributed by atoms with Gasteiger partial charge in [0.25, 0.3) is 0 Å². The maximum Gasteiger partial charge on any atom is 0.410 e. The molecule has 1 heterocycles. The molecule has 2 fully saturated rings. The van der Waals surface area contributed by atoms with Crippen LogP contribution in [0.2, 0.25) is 0 Å². The number of carbonyl (C=O) groups excluding carboxylic acids is 2. The van der Waals surface area contributed by atoms with Crippen LogP contribution < -0.4 is 5.32 Å². The summed E-state index contributed by atoms with van der Waals surface area (Å²) >= 11 is 0. The lowest BCUT2D eigenvalue weighted by Crippen LogP contribution is -2.41. The van der Waals surface area contributed by atoms with Gasteiger partial charge in [0.2, 0.25) is 5.91 Å². The predicted molar refractivity (Wildman–Crippen MR) is 71.6 cm³/mol. The van der Waals surface area contributed by atoms with Crippen LogP contribution in [0.15, 0.2) is 12.7 Å². The van der Waals surface area contributed by atoms with Crippen molar-refractivity contribution in [3.8, 4) is 0 Å². The van der Waals surface area contributed by atoms with E-state index in [-0.39, 0.29) is 18.0 Å². The lowest BCUT2D eigenvalue weighted by Gasteiger charge is -2.27. The molecular weight excluding hydrogens is 244 g/mol. The fourth-order valence-corrected chi connectivity index (χ4v) is 2.67. The lowest BCUT2D eigenvalue weighted by atomic mass is 10.0. The van der Waals surface area contributed by atoms with Gasteiger partial charge in [-0.3, -0.25) is 4.79 Å². The van der Waals surface area contributed by atoms with E-state index in [2.05, 4.69) is 11.9 Å². The van der Waals surface area contributed by atoms with Crippen molar-refractivity contribution < 1.29 is 14.3 Å². The molecule has 2 aliphatic rings. The molecule has 1 aliphatic carbocycles. The third kappa shape index (κ3) is 2.60. The molecule has 1 N–H and O–H groups in total. The summed E-state index contributed by atoms with van der Waals surface area (Å²) in [5, 5.41) is 2.87. The van der Waals surface area contributed by atoms with E-state index in [0.717, 1.165) is 0 Å². The van der Waals surface area contributed by atoms with Gasteiger partial charge in [-0.1, -0.05) is 6.08 Å². The van der Waals surface area contributed by atoms with Gasteiger partial charge in [0.1, 0.15) is 5.60 Å². The van der Waals surface area contributed by atoms with Gasteiger partial charge in [0.15, 0.2) is 0 Å². The van der Waals surface area contributed by atoms with Gasteiger partial charge in [-0.05, 0) is 33.6 Å². The van der Waals surface area contributed by atoms with E-state index in [1.165, 1.54) is 0 Å². The molecule has 1 aliphatic heterocycles. The number of carbonyl (C=O) groups is 2. The molecule has 0 aromatic carbocycles. The van der Waals surface area contributed by atoms with Gasteiger partial charge in [-0.2, -0.15) is 0 Å². The van der Waals surface area contributed by atoms with Crippen LogP contribution in [0.3, 0.4) is 0 Å². The predicted octanol–water partition coefficient (Wildman–Crippen LogP) is 1.69. The minimum Gasteiger partial charge on any atom is -0.444 e. The molecule has 0 aromatic rings. The quantitative estimate of drug-likeness (QED) is 0.774. The summed E-state index contributed by atoms with van der Waals surface area (Å²) in [6.07, 6.45) is 2.71. The minimum atomic E-state index is -0.517. The highest BCUT2D eigenvalue weighted by Gasteiger charge is 2.63. The van der Waals surface area contributed by atoms with Crippen molar-refractivity contribution in [1.82, 2.24) is 10.2 Å². The normalized spacial score (nSPS) is 29.9. The summed E-state index contributed by atoms with van der Waals surface area (Å²) in [5.74, 6) is 0.0310. The van der Waals surface area contributed by atoms with Gasteiger partial charge in [0.05, 0.1) is 11.5 Å². The Labute approximate surface area is 114 Å². The Bertz CT molecular complexity index is 413. The molecule has 0 aromatic heterocycles. The second kappa shape index (κ2) is 4.54. The number of amides is 2. The van der Waals surface area contributed by atoms with Crippen LogP contribution in [-0.4, -0.2) is 41.6 Å². The van der Waals surface area contributed by atoms with Crippen LogP contribution in [0.4, 0.5) is 4.79 Å². The average molecular weight is 266 g/mol. The Balaban J connectivity index is 2.13. The molecule has 5 heteroatoms. The molecular formula is C14H22N2O3. The van der Waals surface area contributed by atoms with E-state index in [4.69, 9.17) is 4.74 Å². The van der Waals surface area contributed by atoms with Crippen LogP contribution in [-0.2, 0) is 9.53 Å². The first kappa shape index (κ1) is 13.9. The fourth-order valence-electron chi connectivity index (χ4n) is 2.67. The van der Waals surface area contributed by atoms with Crippen molar-refractivity contribution in [3.63, 3.8) is 0 Å². The average Bonchev–Trinajstić information content (AvgIpc) is 2.97. The number of hydrogen-bond donors (Lipinski definition) is 1. The van der Waals surface area contributed by atoms with Crippen LogP contribution in [0.1, 0.15) is 33.6 Å². The standard InChI is InChI=1S/C14H22N2O3/c1-5-6-14-9-10(14)16(8-7-15-11(14)17)12(18)19-13(2,3)4/h5,10H,1,6-9H2,2-4H3,(H,15,17)/t10?,14-/m0/s1. The number of allylic oxidation sites excluding steroid dienone is 1. The highest BCUT2D eigenvalue weighted by Crippen LogP contribution is 2.53. The monoisotopic (exact) mass is 266 g/mol. The number of fused-ring (bicyclic) bond motifs is 1. The van der Waals surface area contributed by atoms with Crippen LogP contribution in [0.5, 0.6) is 0 Å². The topological polar surface area (TPSA) is 58.6 Å². The number of nitrogens with zero attached hydrogens (tertiary/aromatic N) is 1. The van der Waals surface area contributed by atoms with E-state index in [0.29, 0.717) is 25.9 Å². The molecule has 2 atom stereocenters. The van der Waals surface area contributed by atoms with Crippen molar-refractivity contribution in [2.75, 3.05) is 13.1 Å². The molecule has 5 nitrogen and oxygen atoms in total. The summed E-state index contributed by atoms with van der Waals surface area (Å²) in [6, 6.07) is -0.0529. The zero-order chi connectivity index (χ0) is 14.3. The first-order chi connectivity index (χ1) is 8.80. The van der Waals surface area contributed by atoms with Crippen molar-refractivity contribution in [3.05, 3.63) is 12.7 Å². The highest BCUT2D eigenvalue weighted by atomic mass is 16.6. The summed E-state index contributed by atoms with van der Waals surface area (Å²) < 4.78 is 5.41. The maximum absolute atomic E-state index is 12.2. The Morgan fingerprint density at radius 3 is 2.89 bits per heavy atom. The Hall–Kier alpha value is -1.52. The molecule has 0 spiro atoms. The first-order valence-corrected chi connectivity index (χ1v) is 6.69. The number of nitrogens with one attached hydrogen (secondary N) is 1. The van der Waals surface area contributed by atoms with Gasteiger partial charge < -0.3 is 15.0 Å². The zero-order valence-corrected chi connectivity index (χ0v) is 11.9. The first-order valence-electron chi connectivity index (χ1n) is 6.69. The largest absolute Gasteiger partial charge is 0.444 e. The van der Waals surface area contributed by atoms with Gasteiger partial charge in [0, 0.05) is 13.1 Å². The summed E-state index contributed by atoms with van der Waals surface area (Å²) in [5.41, 5.74) is -0.994. The summed E-state index contributed by atoms with van der Waals surface area (Å²) in [4.78, 5) is 26.0. The van der Waals surface area contributed by atoms with E-state index in [1.54, 1.807) is 11.0 Å². The highest BCUT2D eigenvalue weighted by molar-refractivity contribution is 5.89. The number of ether oxygens (including phenoxy) is 1. The van der Waals surface area contributed by atoms with E-state index in [9.17, 15) is 9.59 Å². The van der Waals surface area contributed by atoms with Gasteiger partial charge in [-0.25, -0.2) is 4.79 Å². The number of hydrogen-bond acceptors (Lipinski definition) is 3. The second-order valence-electron chi connectivity index (χ2n) is 6.30. The van der Waals surface area contributed by atoms with Crippen LogP contribution >= 0.6 is 0 Å². The Morgan fingerprint density at radius 2 is 2.32 bits per heavy atom. The summed E-state index contributed by atoms with van der Waals surface area (Å²) in [7, 11) is 0. The van der Waals surface area contributed by atoms with Crippen LogP contribution in [0.25, 0.3) is 0 Å². The maximum atomic E-state index is 12.2. The van der Waals surface area contributed by atoms with Crippen molar-refractivity contribution in [1.29, 1.82) is 0 Å². The van der Waals surface area contributed by atoms with Gasteiger partial charge >= 0.3 is 6.09 Å². The second-order valence-corrected chi connectivity index (χ2v) is 6.30. The third-order valence-corrected chi connectivity index (χ3v) is 3.64. The van der Waals surface area contributed by atoms with E-state index >= 15 is 0 Å². The molecule has 2 rings (SSSR count). The smallest absolute Gasteiger partial charge is 0.410 e. The third-order valence-electron chi connectivity index (χ3n) is 3.64. The fraction of sp³-hybridized carbons (Fsp3) is 0.714. The molecule has 2 amide bonds. The molecule has 0 radical (unpaired) electrons. The van der Waals surface area contributed by atoms with Crippen molar-refractivity contribution >= 4 is 12.0 Å². The molecule has 1 saturated carbocycles. The van der Waals surface area contributed by atoms with Crippen LogP contribution in [0, 0.1) is 5.41 Å². The minimum absolute atomic E-state index is 0.0310. The Kier molecular flexibility index (Phi) is 3.32. The Morgan fingerprint density at radius 1 is 1.63 bits per heavy atom. The van der Waals surface area contributed by atoms with Crippen molar-refractivity contribution in [2.45, 2.75) is 45.3 Å². The van der Waals surface area contributed by atoms with E-state index < -0.39 is 11.0 Å². The molecule has 19 heavy (non-hydrogen) atoms. The summed E-state index contributed by atoms with van der Waals surface area (Å²) in [6.45, 7) is 10.2. The van der Waals surface area contributed by atoms with Gasteiger partial charge in [-0.15, -0.1) is 6.58 Å².